The molecule has 1 saturated heterocycles. The van der Waals surface area contributed by atoms with Crippen LogP contribution in [0.2, 0.25) is 0 Å². The van der Waals surface area contributed by atoms with Gasteiger partial charge in [-0.2, -0.15) is 0 Å². The minimum Gasteiger partial charge on any atom is -0.496 e. The Kier molecular flexibility index (Phi) is 7.17. The van der Waals surface area contributed by atoms with Crippen molar-refractivity contribution in [3.8, 4) is 17.2 Å². The number of para-hydroxylation sites is 1. The van der Waals surface area contributed by atoms with Crippen LogP contribution in [0.5, 0.6) is 17.2 Å². The molecule has 7 heteroatoms. The fourth-order valence-corrected chi connectivity index (χ4v) is 4.20. The Morgan fingerprint density at radius 3 is 2.73 bits per heavy atom. The van der Waals surface area contributed by atoms with Crippen molar-refractivity contribution >= 4 is 5.91 Å². The van der Waals surface area contributed by atoms with Gasteiger partial charge in [0.1, 0.15) is 17.6 Å². The van der Waals surface area contributed by atoms with Gasteiger partial charge in [-0.25, -0.2) is 4.98 Å². The molecule has 33 heavy (non-hydrogen) atoms. The number of amides is 1. The molecule has 0 saturated carbocycles. The molecular weight excluding hydrogens is 420 g/mol. The number of carbonyl (C=O) groups is 1. The normalized spacial score (nSPS) is 15.8. The number of likely N-dealkylation sites (tertiary alicyclic amines) is 1. The molecule has 2 heterocycles. The summed E-state index contributed by atoms with van der Waals surface area (Å²) in [5.41, 5.74) is 2.09. The van der Waals surface area contributed by atoms with Crippen LogP contribution in [0, 0.1) is 6.92 Å². The largest absolute Gasteiger partial charge is 0.496 e. The zero-order valence-corrected chi connectivity index (χ0v) is 19.4. The van der Waals surface area contributed by atoms with E-state index in [0.717, 1.165) is 41.9 Å². The van der Waals surface area contributed by atoms with Gasteiger partial charge in [-0.1, -0.05) is 24.3 Å². The molecule has 1 amide bonds. The molecule has 2 aromatic carbocycles. The molecule has 0 bridgehead atoms. The summed E-state index contributed by atoms with van der Waals surface area (Å²) < 4.78 is 22.7. The molecular formula is C26H30N2O5. The van der Waals surface area contributed by atoms with Crippen molar-refractivity contribution in [2.75, 3.05) is 27.4 Å². The third-order valence-electron chi connectivity index (χ3n) is 5.91. The first-order chi connectivity index (χ1) is 16.1. The number of hydrogen-bond acceptors (Lipinski definition) is 6. The summed E-state index contributed by atoms with van der Waals surface area (Å²) in [5, 5.41) is 0. The lowest BCUT2D eigenvalue weighted by Gasteiger charge is -2.33. The second kappa shape index (κ2) is 10.4. The van der Waals surface area contributed by atoms with E-state index in [-0.39, 0.29) is 18.6 Å². The number of oxazole rings is 1. The van der Waals surface area contributed by atoms with Crippen molar-refractivity contribution in [1.29, 1.82) is 0 Å². The highest BCUT2D eigenvalue weighted by Gasteiger charge is 2.31. The fourth-order valence-electron chi connectivity index (χ4n) is 4.20. The van der Waals surface area contributed by atoms with Crippen molar-refractivity contribution < 1.29 is 23.4 Å². The second-order valence-corrected chi connectivity index (χ2v) is 8.20. The van der Waals surface area contributed by atoms with Crippen molar-refractivity contribution in [2.45, 2.75) is 38.6 Å². The number of rotatable bonds is 8. The minimum atomic E-state index is -0.193. The molecule has 4 rings (SSSR count). The van der Waals surface area contributed by atoms with Crippen LogP contribution >= 0.6 is 0 Å². The minimum absolute atomic E-state index is 0.0648. The average molecular weight is 451 g/mol. The topological polar surface area (TPSA) is 74.0 Å². The molecule has 1 fully saturated rings. The molecule has 0 radical (unpaired) electrons. The van der Waals surface area contributed by atoms with Crippen molar-refractivity contribution in [3.05, 3.63) is 71.4 Å². The molecule has 1 aliphatic heterocycles. The molecule has 7 nitrogen and oxygen atoms in total. The Bertz CT molecular complexity index is 1090. The van der Waals surface area contributed by atoms with Crippen LogP contribution < -0.4 is 14.2 Å². The summed E-state index contributed by atoms with van der Waals surface area (Å²) in [6.07, 6.45) is 5.10. The van der Waals surface area contributed by atoms with Crippen LogP contribution in [0.3, 0.4) is 0 Å². The summed E-state index contributed by atoms with van der Waals surface area (Å²) >= 11 is 0. The van der Waals surface area contributed by atoms with E-state index in [1.54, 1.807) is 20.4 Å². The van der Waals surface area contributed by atoms with Gasteiger partial charge in [0.25, 0.3) is 5.91 Å². The van der Waals surface area contributed by atoms with Crippen LogP contribution in [-0.4, -0.2) is 43.2 Å². The fraction of sp³-hybridized carbons (Fsp3) is 0.385. The number of aromatic nitrogens is 1. The number of hydrogen-bond donors (Lipinski definition) is 0. The first-order valence-corrected chi connectivity index (χ1v) is 11.2. The van der Waals surface area contributed by atoms with E-state index in [9.17, 15) is 4.79 Å². The molecule has 0 N–H and O–H groups in total. The number of benzene rings is 2. The third kappa shape index (κ3) is 5.30. The highest BCUT2D eigenvalue weighted by molar-refractivity contribution is 5.78. The first kappa shape index (κ1) is 22.7. The Morgan fingerprint density at radius 2 is 1.91 bits per heavy atom. The molecule has 0 unspecified atom stereocenters. The first-order valence-electron chi connectivity index (χ1n) is 11.2. The average Bonchev–Trinajstić information content (AvgIpc) is 3.31. The number of aryl methyl sites for hydroxylation is 1. The highest BCUT2D eigenvalue weighted by atomic mass is 16.5. The van der Waals surface area contributed by atoms with Crippen LogP contribution in [0.1, 0.15) is 48.1 Å². The summed E-state index contributed by atoms with van der Waals surface area (Å²) in [6, 6.07) is 13.3. The molecule has 3 aromatic rings. The van der Waals surface area contributed by atoms with Gasteiger partial charge in [-0.15, -0.1) is 0 Å². The second-order valence-electron chi connectivity index (χ2n) is 8.20. The quantitative estimate of drug-likeness (QED) is 0.494. The monoisotopic (exact) mass is 450 g/mol. The Labute approximate surface area is 194 Å². The maximum Gasteiger partial charge on any atom is 0.261 e. The summed E-state index contributed by atoms with van der Waals surface area (Å²) in [6.45, 7) is 2.57. The molecule has 174 valence electrons. The number of carbonyl (C=O) groups excluding carboxylic acids is 1. The summed E-state index contributed by atoms with van der Waals surface area (Å²) in [7, 11) is 3.25. The Morgan fingerprint density at radius 1 is 1.09 bits per heavy atom. The summed E-state index contributed by atoms with van der Waals surface area (Å²) in [4.78, 5) is 19.4. The van der Waals surface area contributed by atoms with Gasteiger partial charge >= 0.3 is 0 Å². The standard InChI is InChI=1S/C26H30N2O5/c1-18-11-12-23(24(14-18)31-3)32-17-25(29)28-13-7-6-9-21(28)26-27-16-20(33-26)15-19-8-4-5-10-22(19)30-2/h4-5,8,10-12,14,16,21H,6-7,9,13,15,17H2,1-3H3/t21-/m0/s1. The van der Waals surface area contributed by atoms with Gasteiger partial charge < -0.3 is 23.5 Å². The lowest BCUT2D eigenvalue weighted by Crippen LogP contribution is -2.41. The maximum atomic E-state index is 13.1. The highest BCUT2D eigenvalue weighted by Crippen LogP contribution is 2.32. The van der Waals surface area contributed by atoms with Crippen LogP contribution in [0.15, 0.2) is 53.1 Å². The number of ether oxygens (including phenoxy) is 3. The lowest BCUT2D eigenvalue weighted by molar-refractivity contribution is -0.137. The van der Waals surface area contributed by atoms with Gasteiger partial charge in [-0.3, -0.25) is 4.79 Å². The van der Waals surface area contributed by atoms with Gasteiger partial charge in [0.05, 0.1) is 20.4 Å². The van der Waals surface area contributed by atoms with E-state index >= 15 is 0 Å². The molecule has 1 aromatic heterocycles. The zero-order chi connectivity index (χ0) is 23.2. The van der Waals surface area contributed by atoms with E-state index < -0.39 is 0 Å². The predicted molar refractivity (Wildman–Crippen MR) is 124 cm³/mol. The molecule has 1 atom stereocenters. The smallest absolute Gasteiger partial charge is 0.261 e. The predicted octanol–water partition coefficient (Wildman–Crippen LogP) is 4.72. The van der Waals surface area contributed by atoms with Crippen LogP contribution in [-0.2, 0) is 11.2 Å². The van der Waals surface area contributed by atoms with Crippen LogP contribution in [0.25, 0.3) is 0 Å². The Balaban J connectivity index is 1.45. The number of piperidine rings is 1. The van der Waals surface area contributed by atoms with E-state index in [1.807, 2.05) is 54.3 Å². The van der Waals surface area contributed by atoms with E-state index in [4.69, 9.17) is 18.6 Å². The SMILES string of the molecule is COc1ccccc1Cc1cnc([C@@H]2CCCCN2C(=O)COc2ccc(C)cc2OC)o1. The van der Waals surface area contributed by atoms with Crippen molar-refractivity contribution in [2.24, 2.45) is 0 Å². The van der Waals surface area contributed by atoms with Crippen molar-refractivity contribution in [1.82, 2.24) is 9.88 Å². The van der Waals surface area contributed by atoms with E-state index in [2.05, 4.69) is 4.98 Å². The summed E-state index contributed by atoms with van der Waals surface area (Å²) in [5.74, 6) is 3.21. The van der Waals surface area contributed by atoms with E-state index in [1.165, 1.54) is 0 Å². The third-order valence-corrected chi connectivity index (χ3v) is 5.91. The van der Waals surface area contributed by atoms with Gasteiger partial charge in [0, 0.05) is 18.5 Å². The molecule has 0 aliphatic carbocycles. The molecule has 0 spiro atoms. The number of nitrogens with zero attached hydrogens (tertiary/aromatic N) is 2. The Hall–Kier alpha value is -3.48. The zero-order valence-electron chi connectivity index (χ0n) is 19.4. The maximum absolute atomic E-state index is 13.1. The lowest BCUT2D eigenvalue weighted by atomic mass is 10.0. The van der Waals surface area contributed by atoms with Gasteiger partial charge in [0.15, 0.2) is 18.1 Å². The molecule has 1 aliphatic rings. The van der Waals surface area contributed by atoms with E-state index in [0.29, 0.717) is 30.4 Å². The van der Waals surface area contributed by atoms with Crippen LogP contribution in [0.4, 0.5) is 0 Å². The van der Waals surface area contributed by atoms with Gasteiger partial charge in [-0.05, 0) is 49.9 Å². The van der Waals surface area contributed by atoms with Gasteiger partial charge in [0.2, 0.25) is 5.89 Å². The number of methoxy groups -OCH3 is 2. The van der Waals surface area contributed by atoms with Crippen molar-refractivity contribution in [3.63, 3.8) is 0 Å².